The average molecular weight is 361 g/mol. The number of nitrogens with one attached hydrogen (secondary N) is 1. The van der Waals surface area contributed by atoms with Crippen molar-refractivity contribution in [1.82, 2.24) is 4.72 Å². The van der Waals surface area contributed by atoms with E-state index >= 15 is 0 Å². The second-order valence-corrected chi connectivity index (χ2v) is 7.76. The van der Waals surface area contributed by atoms with Crippen molar-refractivity contribution in [2.45, 2.75) is 36.6 Å². The van der Waals surface area contributed by atoms with Crippen LogP contribution >= 0.6 is 11.6 Å². The molecule has 128 valence electrons. The molecule has 1 aliphatic rings. The smallest absolute Gasteiger partial charge is 0.339 e. The van der Waals surface area contributed by atoms with Gasteiger partial charge < -0.3 is 10.5 Å². The molecule has 1 saturated carbocycles. The zero-order chi connectivity index (χ0) is 17.0. The minimum atomic E-state index is -3.93. The molecule has 0 aromatic heterocycles. The van der Waals surface area contributed by atoms with Gasteiger partial charge in [0.1, 0.15) is 0 Å². The summed E-state index contributed by atoms with van der Waals surface area (Å²) in [6.07, 6.45) is 4.05. The van der Waals surface area contributed by atoms with Crippen LogP contribution in [0.2, 0.25) is 5.02 Å². The average Bonchev–Trinajstić information content (AvgIpc) is 3.06. The molecule has 1 aromatic carbocycles. The summed E-state index contributed by atoms with van der Waals surface area (Å²) in [4.78, 5) is 11.6. The molecule has 0 saturated heterocycles. The summed E-state index contributed by atoms with van der Waals surface area (Å²) in [6, 6.07) is 3.69. The zero-order valence-electron chi connectivity index (χ0n) is 12.9. The maximum Gasteiger partial charge on any atom is 0.339 e. The standard InChI is InChI=1S/C15H21ClN2O4S/c1-22-15(19)12-7-6-11(16)8-14(12)23(20,21)18-13(9-17)10-4-2-3-5-10/h6-8,10,13,18H,2-5,9,17H2,1H3. The van der Waals surface area contributed by atoms with E-state index in [1.807, 2.05) is 0 Å². The highest BCUT2D eigenvalue weighted by molar-refractivity contribution is 7.89. The molecule has 0 amide bonds. The molecular formula is C15H21ClN2O4S. The maximum atomic E-state index is 12.7. The fraction of sp³-hybridized carbons (Fsp3) is 0.533. The molecule has 0 aliphatic heterocycles. The Hall–Kier alpha value is -1.15. The van der Waals surface area contributed by atoms with E-state index in [9.17, 15) is 13.2 Å². The SMILES string of the molecule is COC(=O)c1ccc(Cl)cc1S(=O)(=O)NC(CN)C1CCCC1. The fourth-order valence-corrected chi connectivity index (χ4v) is 4.73. The first-order valence-corrected chi connectivity index (χ1v) is 9.35. The molecule has 0 radical (unpaired) electrons. The van der Waals surface area contributed by atoms with Gasteiger partial charge in [-0.25, -0.2) is 17.9 Å². The maximum absolute atomic E-state index is 12.7. The van der Waals surface area contributed by atoms with Gasteiger partial charge in [0.2, 0.25) is 10.0 Å². The molecular weight excluding hydrogens is 340 g/mol. The van der Waals surface area contributed by atoms with Gasteiger partial charge in [0.15, 0.2) is 0 Å². The van der Waals surface area contributed by atoms with Crippen molar-refractivity contribution in [2.24, 2.45) is 11.7 Å². The number of halogens is 1. The molecule has 6 nitrogen and oxygen atoms in total. The second kappa shape index (κ2) is 7.61. The number of methoxy groups -OCH3 is 1. The number of hydrogen-bond donors (Lipinski definition) is 2. The summed E-state index contributed by atoms with van der Waals surface area (Å²) in [5, 5.41) is 0.225. The molecule has 8 heteroatoms. The van der Waals surface area contributed by atoms with Crippen molar-refractivity contribution >= 4 is 27.6 Å². The lowest BCUT2D eigenvalue weighted by Gasteiger charge is -2.23. The van der Waals surface area contributed by atoms with E-state index in [4.69, 9.17) is 17.3 Å². The Morgan fingerprint density at radius 2 is 2.09 bits per heavy atom. The Bertz CT molecular complexity index is 672. The van der Waals surface area contributed by atoms with E-state index in [-0.39, 0.29) is 34.0 Å². The van der Waals surface area contributed by atoms with Crippen LogP contribution in [0, 0.1) is 5.92 Å². The summed E-state index contributed by atoms with van der Waals surface area (Å²) in [5.74, 6) is -0.511. The highest BCUT2D eigenvalue weighted by atomic mass is 35.5. The van der Waals surface area contributed by atoms with Gasteiger partial charge in [0.05, 0.1) is 17.6 Å². The molecule has 23 heavy (non-hydrogen) atoms. The number of esters is 1. The van der Waals surface area contributed by atoms with Crippen LogP contribution in [-0.4, -0.2) is 34.1 Å². The predicted molar refractivity (Wildman–Crippen MR) is 87.9 cm³/mol. The largest absolute Gasteiger partial charge is 0.465 e. The first-order chi connectivity index (χ1) is 10.9. The third-order valence-electron chi connectivity index (χ3n) is 4.17. The lowest BCUT2D eigenvalue weighted by molar-refractivity contribution is 0.0596. The van der Waals surface area contributed by atoms with Crippen molar-refractivity contribution in [1.29, 1.82) is 0 Å². The van der Waals surface area contributed by atoms with Gasteiger partial charge in [0, 0.05) is 17.6 Å². The Morgan fingerprint density at radius 1 is 1.43 bits per heavy atom. The summed E-state index contributed by atoms with van der Waals surface area (Å²) in [7, 11) is -2.74. The number of sulfonamides is 1. The third kappa shape index (κ3) is 4.23. The molecule has 1 aromatic rings. The van der Waals surface area contributed by atoms with Crippen LogP contribution in [0.5, 0.6) is 0 Å². The van der Waals surface area contributed by atoms with Gasteiger partial charge in [0.25, 0.3) is 0 Å². The van der Waals surface area contributed by atoms with Crippen LogP contribution in [0.3, 0.4) is 0 Å². The van der Waals surface area contributed by atoms with Crippen LogP contribution in [0.4, 0.5) is 0 Å². The summed E-state index contributed by atoms with van der Waals surface area (Å²) >= 11 is 5.90. The number of rotatable bonds is 6. The predicted octanol–water partition coefficient (Wildman–Crippen LogP) is 1.92. The van der Waals surface area contributed by atoms with Crippen LogP contribution in [0.25, 0.3) is 0 Å². The Morgan fingerprint density at radius 3 is 2.65 bits per heavy atom. The summed E-state index contributed by atoms with van der Waals surface area (Å²) < 4.78 is 32.7. The molecule has 1 unspecified atom stereocenters. The molecule has 0 spiro atoms. The first-order valence-electron chi connectivity index (χ1n) is 7.49. The Labute approximate surface area is 141 Å². The lowest BCUT2D eigenvalue weighted by atomic mass is 9.99. The number of hydrogen-bond acceptors (Lipinski definition) is 5. The Kier molecular flexibility index (Phi) is 6.02. The van der Waals surface area contributed by atoms with Gasteiger partial charge in [-0.15, -0.1) is 0 Å². The van der Waals surface area contributed by atoms with Crippen LogP contribution in [-0.2, 0) is 14.8 Å². The van der Waals surface area contributed by atoms with Crippen molar-refractivity contribution in [3.05, 3.63) is 28.8 Å². The molecule has 0 heterocycles. The first kappa shape index (κ1) is 18.2. The van der Waals surface area contributed by atoms with E-state index in [2.05, 4.69) is 9.46 Å². The number of nitrogens with two attached hydrogens (primary N) is 1. The van der Waals surface area contributed by atoms with Crippen molar-refractivity contribution in [3.8, 4) is 0 Å². The number of benzene rings is 1. The molecule has 2 rings (SSSR count). The number of carbonyl (C=O) groups is 1. The zero-order valence-corrected chi connectivity index (χ0v) is 14.5. The normalized spacial score (nSPS) is 17.2. The lowest BCUT2D eigenvalue weighted by Crippen LogP contribution is -2.44. The summed E-state index contributed by atoms with van der Waals surface area (Å²) in [6.45, 7) is 0.206. The molecule has 1 aliphatic carbocycles. The van der Waals surface area contributed by atoms with Crippen molar-refractivity contribution < 1.29 is 17.9 Å². The van der Waals surface area contributed by atoms with Gasteiger partial charge >= 0.3 is 5.97 Å². The second-order valence-electron chi connectivity index (χ2n) is 5.64. The molecule has 1 fully saturated rings. The fourth-order valence-electron chi connectivity index (χ4n) is 2.96. The van der Waals surface area contributed by atoms with E-state index in [0.29, 0.717) is 0 Å². The van der Waals surface area contributed by atoms with Crippen molar-refractivity contribution in [2.75, 3.05) is 13.7 Å². The number of carbonyl (C=O) groups excluding carboxylic acids is 1. The van der Waals surface area contributed by atoms with Gasteiger partial charge in [-0.1, -0.05) is 24.4 Å². The molecule has 0 bridgehead atoms. The van der Waals surface area contributed by atoms with Crippen molar-refractivity contribution in [3.63, 3.8) is 0 Å². The van der Waals surface area contributed by atoms with E-state index in [0.717, 1.165) is 25.7 Å². The van der Waals surface area contributed by atoms with E-state index < -0.39 is 16.0 Å². The molecule has 3 N–H and O–H groups in total. The monoisotopic (exact) mass is 360 g/mol. The van der Waals surface area contributed by atoms with E-state index in [1.165, 1.54) is 25.3 Å². The van der Waals surface area contributed by atoms with Crippen LogP contribution < -0.4 is 10.5 Å². The van der Waals surface area contributed by atoms with Crippen LogP contribution in [0.1, 0.15) is 36.0 Å². The molecule has 1 atom stereocenters. The highest BCUT2D eigenvalue weighted by Gasteiger charge is 2.30. The summed E-state index contributed by atoms with van der Waals surface area (Å²) in [5.41, 5.74) is 5.70. The van der Waals surface area contributed by atoms with Gasteiger partial charge in [-0.3, -0.25) is 0 Å². The topological polar surface area (TPSA) is 98.5 Å². The number of ether oxygens (including phenoxy) is 1. The Balaban J connectivity index is 2.34. The van der Waals surface area contributed by atoms with Crippen LogP contribution in [0.15, 0.2) is 23.1 Å². The quantitative estimate of drug-likeness (QED) is 0.755. The van der Waals surface area contributed by atoms with E-state index in [1.54, 1.807) is 0 Å². The highest BCUT2D eigenvalue weighted by Crippen LogP contribution is 2.29. The van der Waals surface area contributed by atoms with Gasteiger partial charge in [-0.2, -0.15) is 0 Å². The minimum Gasteiger partial charge on any atom is -0.465 e. The third-order valence-corrected chi connectivity index (χ3v) is 5.93. The van der Waals surface area contributed by atoms with Gasteiger partial charge in [-0.05, 0) is 37.0 Å². The minimum absolute atomic E-state index is 0.0495.